The topological polar surface area (TPSA) is 40.1 Å². The van der Waals surface area contributed by atoms with Gasteiger partial charge in [0.15, 0.2) is 0 Å². The molecule has 0 bridgehead atoms. The molecular formula is C5H10FN2. The molecule has 0 unspecified atom stereocenters. The van der Waals surface area contributed by atoms with Crippen LogP contribution in [0.4, 0.5) is 4.39 Å². The zero-order valence-corrected chi connectivity index (χ0v) is 4.68. The molecule has 1 fully saturated rings. The molecule has 2 atom stereocenters. The van der Waals surface area contributed by atoms with Crippen LogP contribution in [-0.2, 0) is 0 Å². The number of halogens is 1. The lowest BCUT2D eigenvalue weighted by Gasteiger charge is -2.06. The van der Waals surface area contributed by atoms with Crippen LogP contribution in [0.3, 0.4) is 0 Å². The molecule has 0 aliphatic carbocycles. The van der Waals surface area contributed by atoms with Gasteiger partial charge in [-0.3, -0.25) is 4.39 Å². The van der Waals surface area contributed by atoms with Crippen LogP contribution >= 0.6 is 0 Å². The third kappa shape index (κ3) is 0.980. The van der Waals surface area contributed by atoms with E-state index in [1.165, 1.54) is 0 Å². The average Bonchev–Trinajstić information content (AvgIpc) is 2.14. The van der Waals surface area contributed by atoms with Gasteiger partial charge in [-0.1, -0.05) is 0 Å². The van der Waals surface area contributed by atoms with Crippen molar-refractivity contribution in [2.45, 2.75) is 6.04 Å². The van der Waals surface area contributed by atoms with Crippen molar-refractivity contribution in [3.8, 4) is 0 Å². The summed E-state index contributed by atoms with van der Waals surface area (Å²) < 4.78 is 11.8. The maximum Gasteiger partial charge on any atom is 0.0950 e. The lowest BCUT2D eigenvalue weighted by atomic mass is 10.1. The highest BCUT2D eigenvalue weighted by Crippen LogP contribution is 2.07. The minimum atomic E-state index is -0.315. The van der Waals surface area contributed by atoms with E-state index in [-0.39, 0.29) is 18.6 Å². The number of hydrogen-bond donors (Lipinski definition) is 1. The van der Waals surface area contributed by atoms with E-state index in [0.29, 0.717) is 13.1 Å². The molecule has 0 spiro atoms. The van der Waals surface area contributed by atoms with Crippen LogP contribution in [0, 0.1) is 5.92 Å². The maximum atomic E-state index is 11.8. The first-order valence-corrected chi connectivity index (χ1v) is 2.79. The lowest BCUT2D eigenvalue weighted by Crippen LogP contribution is -2.29. The summed E-state index contributed by atoms with van der Waals surface area (Å²) in [6.45, 7) is 0.955. The number of rotatable bonds is 1. The molecular weight excluding hydrogens is 107 g/mol. The van der Waals surface area contributed by atoms with Crippen LogP contribution in [-0.4, -0.2) is 25.8 Å². The molecule has 0 aromatic carbocycles. The largest absolute Gasteiger partial charge is 0.326 e. The summed E-state index contributed by atoms with van der Waals surface area (Å²) in [4.78, 5) is 0. The molecule has 0 aromatic rings. The van der Waals surface area contributed by atoms with Gasteiger partial charge in [0.25, 0.3) is 0 Å². The van der Waals surface area contributed by atoms with Gasteiger partial charge in [0, 0.05) is 25.0 Å². The smallest absolute Gasteiger partial charge is 0.0950 e. The van der Waals surface area contributed by atoms with Crippen LogP contribution in [0.1, 0.15) is 0 Å². The van der Waals surface area contributed by atoms with Gasteiger partial charge < -0.3 is 5.73 Å². The predicted molar refractivity (Wildman–Crippen MR) is 29.3 cm³/mol. The molecule has 0 saturated carbocycles. The van der Waals surface area contributed by atoms with E-state index in [1.807, 2.05) is 0 Å². The molecule has 0 amide bonds. The van der Waals surface area contributed by atoms with Gasteiger partial charge in [0.05, 0.1) is 6.67 Å². The van der Waals surface area contributed by atoms with Crippen LogP contribution in [0.25, 0.3) is 0 Å². The number of hydrogen-bond acceptors (Lipinski definition) is 1. The average molecular weight is 117 g/mol. The standard InChI is InChI=1S/C5H10FN2/c6-1-4-2-8-3-5(4)7/h4-5H,1-3,7H2/t4-,5+/m1/s1. The Morgan fingerprint density at radius 2 is 2.38 bits per heavy atom. The second kappa shape index (κ2) is 2.42. The minimum absolute atomic E-state index is 0.00926. The van der Waals surface area contributed by atoms with Crippen molar-refractivity contribution in [1.82, 2.24) is 5.32 Å². The molecule has 1 radical (unpaired) electrons. The normalized spacial score (nSPS) is 38.2. The summed E-state index contributed by atoms with van der Waals surface area (Å²) in [5.74, 6) is 0.00926. The summed E-state index contributed by atoms with van der Waals surface area (Å²) in [5, 5.41) is 3.95. The maximum absolute atomic E-state index is 11.8. The monoisotopic (exact) mass is 117 g/mol. The van der Waals surface area contributed by atoms with Crippen molar-refractivity contribution in [1.29, 1.82) is 0 Å². The molecule has 1 rings (SSSR count). The van der Waals surface area contributed by atoms with Crippen molar-refractivity contribution < 1.29 is 4.39 Å². The highest BCUT2D eigenvalue weighted by molar-refractivity contribution is 4.82. The summed E-state index contributed by atoms with van der Waals surface area (Å²) in [6, 6.07) is -0.0139. The Bertz CT molecular complexity index is 76.8. The quantitative estimate of drug-likeness (QED) is 0.495. The molecule has 1 saturated heterocycles. The van der Waals surface area contributed by atoms with Crippen molar-refractivity contribution in [3.05, 3.63) is 0 Å². The van der Waals surface area contributed by atoms with Crippen molar-refractivity contribution in [2.75, 3.05) is 19.8 Å². The van der Waals surface area contributed by atoms with Gasteiger partial charge in [-0.15, -0.1) is 0 Å². The third-order valence-corrected chi connectivity index (χ3v) is 1.51. The lowest BCUT2D eigenvalue weighted by molar-refractivity contribution is 0.358. The van der Waals surface area contributed by atoms with Crippen molar-refractivity contribution in [2.24, 2.45) is 11.7 Å². The predicted octanol–water partition coefficient (Wildman–Crippen LogP) is -0.483. The Kier molecular flexibility index (Phi) is 1.81. The molecule has 1 aliphatic heterocycles. The van der Waals surface area contributed by atoms with Gasteiger partial charge in [-0.2, -0.15) is 0 Å². The fourth-order valence-electron chi connectivity index (χ4n) is 0.837. The molecule has 8 heavy (non-hydrogen) atoms. The highest BCUT2D eigenvalue weighted by atomic mass is 19.1. The number of nitrogens with two attached hydrogens (primary N) is 1. The molecule has 0 aromatic heterocycles. The molecule has 1 aliphatic rings. The van der Waals surface area contributed by atoms with Gasteiger partial charge in [0.1, 0.15) is 0 Å². The Hall–Kier alpha value is -0.150. The van der Waals surface area contributed by atoms with E-state index in [1.54, 1.807) is 0 Å². The van der Waals surface area contributed by atoms with Crippen LogP contribution in [0.15, 0.2) is 0 Å². The SMILES string of the molecule is N[C@H]1C[N]C[C@H]1CF. The first kappa shape index (κ1) is 5.98. The summed E-state index contributed by atoms with van der Waals surface area (Å²) >= 11 is 0. The van der Waals surface area contributed by atoms with Gasteiger partial charge in [-0.05, 0) is 0 Å². The Labute approximate surface area is 48.2 Å². The molecule has 2 N–H and O–H groups in total. The van der Waals surface area contributed by atoms with E-state index in [2.05, 4.69) is 5.32 Å². The fourth-order valence-corrected chi connectivity index (χ4v) is 0.837. The van der Waals surface area contributed by atoms with Gasteiger partial charge >= 0.3 is 0 Å². The van der Waals surface area contributed by atoms with Crippen molar-refractivity contribution >= 4 is 0 Å². The van der Waals surface area contributed by atoms with E-state index in [4.69, 9.17) is 5.73 Å². The number of nitrogens with zero attached hydrogens (tertiary/aromatic N) is 1. The Morgan fingerprint density at radius 3 is 2.62 bits per heavy atom. The summed E-state index contributed by atoms with van der Waals surface area (Å²) in [5.41, 5.74) is 5.46. The molecule has 2 nitrogen and oxygen atoms in total. The second-order valence-corrected chi connectivity index (χ2v) is 2.17. The first-order valence-electron chi connectivity index (χ1n) is 2.79. The summed E-state index contributed by atoms with van der Waals surface area (Å²) in [7, 11) is 0. The first-order chi connectivity index (χ1) is 3.84. The highest BCUT2D eigenvalue weighted by Gasteiger charge is 2.23. The van der Waals surface area contributed by atoms with E-state index in [9.17, 15) is 4.39 Å². The third-order valence-electron chi connectivity index (χ3n) is 1.51. The van der Waals surface area contributed by atoms with Crippen molar-refractivity contribution in [3.63, 3.8) is 0 Å². The molecule has 3 heteroatoms. The summed E-state index contributed by atoms with van der Waals surface area (Å²) in [6.07, 6.45) is 0. The van der Waals surface area contributed by atoms with E-state index >= 15 is 0 Å². The van der Waals surface area contributed by atoms with E-state index < -0.39 is 0 Å². The zero-order chi connectivity index (χ0) is 5.98. The number of alkyl halides is 1. The Morgan fingerprint density at radius 1 is 1.62 bits per heavy atom. The molecule has 47 valence electrons. The van der Waals surface area contributed by atoms with Gasteiger partial charge in [0.2, 0.25) is 0 Å². The van der Waals surface area contributed by atoms with Gasteiger partial charge in [-0.25, -0.2) is 5.32 Å². The van der Waals surface area contributed by atoms with E-state index in [0.717, 1.165) is 0 Å². The van der Waals surface area contributed by atoms with Crippen LogP contribution in [0.2, 0.25) is 0 Å². The van der Waals surface area contributed by atoms with Crippen LogP contribution in [0.5, 0.6) is 0 Å². The zero-order valence-electron chi connectivity index (χ0n) is 4.68. The second-order valence-electron chi connectivity index (χ2n) is 2.17. The Balaban J connectivity index is 2.30. The van der Waals surface area contributed by atoms with Crippen LogP contribution < -0.4 is 11.1 Å². The molecule has 1 heterocycles. The minimum Gasteiger partial charge on any atom is -0.326 e. The fraction of sp³-hybridized carbons (Fsp3) is 1.00.